The zero-order valence-corrected chi connectivity index (χ0v) is 12.1. The van der Waals surface area contributed by atoms with Gasteiger partial charge in [0, 0.05) is 13.0 Å². The first-order valence-electron chi connectivity index (χ1n) is 5.83. The minimum atomic E-state index is 0.443. The van der Waals surface area contributed by atoms with Gasteiger partial charge in [-0.2, -0.15) is 0 Å². The van der Waals surface area contributed by atoms with Crippen molar-refractivity contribution in [1.82, 2.24) is 20.3 Å². The van der Waals surface area contributed by atoms with Crippen LogP contribution in [0.5, 0.6) is 0 Å². The van der Waals surface area contributed by atoms with Crippen LogP contribution in [0.3, 0.4) is 0 Å². The standard InChI is InChI=1S/C11H21BrN4/c1-5-6-13-7-8(2)9(3)10-11(12)14-15-16(10)4/h8-9,13H,5-7H2,1-4H3. The average Bonchev–Trinajstić information content (AvgIpc) is 2.58. The zero-order valence-electron chi connectivity index (χ0n) is 10.5. The number of aromatic nitrogens is 3. The van der Waals surface area contributed by atoms with Crippen molar-refractivity contribution in [2.24, 2.45) is 13.0 Å². The molecule has 0 aliphatic carbocycles. The third-order valence-corrected chi connectivity index (χ3v) is 3.57. The maximum atomic E-state index is 4.03. The van der Waals surface area contributed by atoms with Gasteiger partial charge in [-0.15, -0.1) is 5.10 Å². The van der Waals surface area contributed by atoms with E-state index in [9.17, 15) is 0 Å². The normalized spacial score (nSPS) is 15.1. The van der Waals surface area contributed by atoms with Crippen LogP contribution in [0.25, 0.3) is 0 Å². The van der Waals surface area contributed by atoms with Crippen molar-refractivity contribution in [1.29, 1.82) is 0 Å². The fraction of sp³-hybridized carbons (Fsp3) is 0.818. The number of hydrogen-bond donors (Lipinski definition) is 1. The van der Waals surface area contributed by atoms with Crippen LogP contribution in [0.2, 0.25) is 0 Å². The molecule has 0 aromatic carbocycles. The van der Waals surface area contributed by atoms with Crippen LogP contribution in [-0.2, 0) is 7.05 Å². The van der Waals surface area contributed by atoms with Crippen molar-refractivity contribution < 1.29 is 0 Å². The summed E-state index contributed by atoms with van der Waals surface area (Å²) < 4.78 is 2.72. The molecular weight excluding hydrogens is 268 g/mol. The topological polar surface area (TPSA) is 42.7 Å². The molecule has 92 valence electrons. The largest absolute Gasteiger partial charge is 0.316 e. The van der Waals surface area contributed by atoms with E-state index in [1.54, 1.807) is 0 Å². The first-order valence-corrected chi connectivity index (χ1v) is 6.63. The lowest BCUT2D eigenvalue weighted by atomic mass is 9.93. The highest BCUT2D eigenvalue weighted by atomic mass is 79.9. The Morgan fingerprint density at radius 1 is 1.44 bits per heavy atom. The summed E-state index contributed by atoms with van der Waals surface area (Å²) in [6, 6.07) is 0. The molecule has 0 saturated carbocycles. The molecule has 1 heterocycles. The van der Waals surface area contributed by atoms with E-state index in [0.717, 1.165) is 17.7 Å². The molecule has 5 heteroatoms. The summed E-state index contributed by atoms with van der Waals surface area (Å²) in [5.74, 6) is 1.01. The molecule has 16 heavy (non-hydrogen) atoms. The molecule has 0 radical (unpaired) electrons. The van der Waals surface area contributed by atoms with E-state index in [0.29, 0.717) is 11.8 Å². The van der Waals surface area contributed by atoms with Gasteiger partial charge in [0.2, 0.25) is 0 Å². The van der Waals surface area contributed by atoms with Crippen LogP contribution in [0.1, 0.15) is 38.8 Å². The van der Waals surface area contributed by atoms with Gasteiger partial charge in [-0.05, 0) is 41.4 Å². The molecule has 0 aliphatic heterocycles. The lowest BCUT2D eigenvalue weighted by Crippen LogP contribution is -2.26. The fourth-order valence-electron chi connectivity index (χ4n) is 1.77. The van der Waals surface area contributed by atoms with E-state index in [-0.39, 0.29) is 0 Å². The van der Waals surface area contributed by atoms with E-state index in [1.165, 1.54) is 12.1 Å². The third kappa shape index (κ3) is 3.28. The second kappa shape index (κ2) is 6.35. The Morgan fingerprint density at radius 2 is 2.12 bits per heavy atom. The molecule has 4 nitrogen and oxygen atoms in total. The van der Waals surface area contributed by atoms with E-state index < -0.39 is 0 Å². The van der Waals surface area contributed by atoms with Crippen LogP contribution in [-0.4, -0.2) is 28.1 Å². The fourth-order valence-corrected chi connectivity index (χ4v) is 2.46. The number of nitrogens with zero attached hydrogens (tertiary/aromatic N) is 3. The monoisotopic (exact) mass is 288 g/mol. The van der Waals surface area contributed by atoms with Gasteiger partial charge in [-0.1, -0.05) is 26.0 Å². The highest BCUT2D eigenvalue weighted by molar-refractivity contribution is 9.10. The highest BCUT2D eigenvalue weighted by Crippen LogP contribution is 2.27. The second-order valence-corrected chi connectivity index (χ2v) is 5.11. The SMILES string of the molecule is CCCNCC(C)C(C)c1c(Br)nnn1C. The van der Waals surface area contributed by atoms with Crippen LogP contribution >= 0.6 is 15.9 Å². The van der Waals surface area contributed by atoms with E-state index in [2.05, 4.69) is 52.3 Å². The maximum absolute atomic E-state index is 4.03. The van der Waals surface area contributed by atoms with Crippen LogP contribution in [0.4, 0.5) is 0 Å². The molecule has 0 aliphatic rings. The molecule has 2 atom stereocenters. The predicted octanol–water partition coefficient (Wildman–Crippen LogP) is 2.32. The summed E-state index contributed by atoms with van der Waals surface area (Å²) in [7, 11) is 1.94. The second-order valence-electron chi connectivity index (χ2n) is 4.36. The molecule has 0 amide bonds. The molecule has 0 spiro atoms. The van der Waals surface area contributed by atoms with Crippen LogP contribution in [0.15, 0.2) is 4.60 Å². The lowest BCUT2D eigenvalue weighted by molar-refractivity contribution is 0.428. The van der Waals surface area contributed by atoms with Gasteiger partial charge >= 0.3 is 0 Å². The quantitative estimate of drug-likeness (QED) is 0.817. The lowest BCUT2D eigenvalue weighted by Gasteiger charge is -2.20. The molecule has 0 fully saturated rings. The minimum Gasteiger partial charge on any atom is -0.316 e. The van der Waals surface area contributed by atoms with Crippen molar-refractivity contribution in [2.75, 3.05) is 13.1 Å². The summed E-state index contributed by atoms with van der Waals surface area (Å²) in [6.45, 7) is 8.78. The molecule has 1 aromatic heterocycles. The van der Waals surface area contributed by atoms with Crippen molar-refractivity contribution in [3.8, 4) is 0 Å². The summed E-state index contributed by atoms with van der Waals surface area (Å²) in [6.07, 6.45) is 1.18. The van der Waals surface area contributed by atoms with E-state index in [4.69, 9.17) is 0 Å². The predicted molar refractivity (Wildman–Crippen MR) is 69.4 cm³/mol. The smallest absolute Gasteiger partial charge is 0.151 e. The van der Waals surface area contributed by atoms with Crippen molar-refractivity contribution >= 4 is 15.9 Å². The Bertz CT molecular complexity index is 304. The van der Waals surface area contributed by atoms with Crippen LogP contribution in [0, 0.1) is 5.92 Å². The molecule has 0 saturated heterocycles. The molecule has 2 unspecified atom stereocenters. The number of halogens is 1. The van der Waals surface area contributed by atoms with Crippen molar-refractivity contribution in [3.63, 3.8) is 0 Å². The first kappa shape index (κ1) is 13.6. The van der Waals surface area contributed by atoms with Gasteiger partial charge in [0.05, 0.1) is 5.69 Å². The Hall–Kier alpha value is -0.420. The first-order chi connectivity index (χ1) is 7.57. The Labute approximate surface area is 106 Å². The highest BCUT2D eigenvalue weighted by Gasteiger charge is 2.21. The van der Waals surface area contributed by atoms with Crippen molar-refractivity contribution in [3.05, 3.63) is 10.3 Å². The molecule has 1 rings (SSSR count). The van der Waals surface area contributed by atoms with Gasteiger partial charge in [-0.25, -0.2) is 0 Å². The molecule has 0 bridgehead atoms. The van der Waals surface area contributed by atoms with Gasteiger partial charge in [-0.3, -0.25) is 4.68 Å². The number of nitrogens with one attached hydrogen (secondary N) is 1. The molecular formula is C11H21BrN4. The summed E-state index contributed by atoms with van der Waals surface area (Å²) >= 11 is 3.45. The molecule has 1 N–H and O–H groups in total. The van der Waals surface area contributed by atoms with Gasteiger partial charge in [0.1, 0.15) is 0 Å². The average molecular weight is 289 g/mol. The Morgan fingerprint density at radius 3 is 2.62 bits per heavy atom. The number of rotatable bonds is 6. The zero-order chi connectivity index (χ0) is 12.1. The van der Waals surface area contributed by atoms with Gasteiger partial charge < -0.3 is 5.32 Å². The Balaban J connectivity index is 2.59. The summed E-state index contributed by atoms with van der Waals surface area (Å²) in [4.78, 5) is 0. The number of hydrogen-bond acceptors (Lipinski definition) is 3. The van der Waals surface area contributed by atoms with E-state index in [1.807, 2.05) is 11.7 Å². The molecule has 1 aromatic rings. The third-order valence-electron chi connectivity index (χ3n) is 3.00. The van der Waals surface area contributed by atoms with Crippen LogP contribution < -0.4 is 5.32 Å². The maximum Gasteiger partial charge on any atom is 0.151 e. The Kier molecular flexibility index (Phi) is 5.41. The minimum absolute atomic E-state index is 0.443. The van der Waals surface area contributed by atoms with Gasteiger partial charge in [0.15, 0.2) is 4.60 Å². The van der Waals surface area contributed by atoms with Gasteiger partial charge in [0.25, 0.3) is 0 Å². The number of aryl methyl sites for hydroxylation is 1. The summed E-state index contributed by atoms with van der Waals surface area (Å²) in [5, 5.41) is 11.5. The van der Waals surface area contributed by atoms with E-state index >= 15 is 0 Å². The van der Waals surface area contributed by atoms with Crippen molar-refractivity contribution in [2.45, 2.75) is 33.1 Å². The summed E-state index contributed by atoms with van der Waals surface area (Å²) in [5.41, 5.74) is 1.17.